The Kier molecular flexibility index (Phi) is 6.55. The number of nitrogens with zero attached hydrogens (tertiary/aromatic N) is 1. The van der Waals surface area contributed by atoms with Crippen molar-refractivity contribution in [3.05, 3.63) is 35.9 Å². The summed E-state index contributed by atoms with van der Waals surface area (Å²) in [6, 6.07) is 12.3. The van der Waals surface area contributed by atoms with Gasteiger partial charge in [-0.1, -0.05) is 44.2 Å². The van der Waals surface area contributed by atoms with Crippen LogP contribution in [0.25, 0.3) is 0 Å². The molecule has 1 heterocycles. The molecule has 1 saturated heterocycles. The average molecular weight is 274 g/mol. The Morgan fingerprint density at radius 2 is 2.05 bits per heavy atom. The van der Waals surface area contributed by atoms with E-state index in [-0.39, 0.29) is 0 Å². The number of benzene rings is 1. The zero-order valence-corrected chi connectivity index (χ0v) is 13.1. The van der Waals surface area contributed by atoms with Crippen molar-refractivity contribution in [2.45, 2.75) is 58.0 Å². The van der Waals surface area contributed by atoms with Crippen LogP contribution < -0.4 is 5.32 Å². The van der Waals surface area contributed by atoms with Crippen LogP contribution in [0.1, 0.15) is 45.1 Å². The maximum absolute atomic E-state index is 3.65. The van der Waals surface area contributed by atoms with Crippen molar-refractivity contribution in [1.29, 1.82) is 0 Å². The predicted octanol–water partition coefficient (Wildman–Crippen LogP) is 3.47. The Hall–Kier alpha value is -0.860. The van der Waals surface area contributed by atoms with Gasteiger partial charge in [-0.25, -0.2) is 0 Å². The molecule has 0 saturated carbocycles. The summed E-state index contributed by atoms with van der Waals surface area (Å²) in [6.45, 7) is 8.28. The third kappa shape index (κ3) is 4.60. The summed E-state index contributed by atoms with van der Waals surface area (Å²) in [7, 11) is 0. The van der Waals surface area contributed by atoms with Gasteiger partial charge in [0.25, 0.3) is 0 Å². The standard InChI is InChI=1S/C18H30N2/c1-3-13-20(15-17-11-8-12-19-17)18(4-2)14-16-9-6-5-7-10-16/h5-7,9-10,17-19H,3-4,8,11-15H2,1-2H3. The molecular formula is C18H30N2. The molecule has 1 N–H and O–H groups in total. The van der Waals surface area contributed by atoms with E-state index in [4.69, 9.17) is 0 Å². The van der Waals surface area contributed by atoms with Crippen LogP contribution in [0.3, 0.4) is 0 Å². The van der Waals surface area contributed by atoms with Gasteiger partial charge in [0.1, 0.15) is 0 Å². The van der Waals surface area contributed by atoms with E-state index in [0.29, 0.717) is 12.1 Å². The van der Waals surface area contributed by atoms with Crippen LogP contribution in [0, 0.1) is 0 Å². The molecule has 112 valence electrons. The maximum Gasteiger partial charge on any atom is 0.0195 e. The minimum absolute atomic E-state index is 0.680. The van der Waals surface area contributed by atoms with Gasteiger partial charge in [0.15, 0.2) is 0 Å². The van der Waals surface area contributed by atoms with E-state index in [2.05, 4.69) is 54.4 Å². The summed E-state index contributed by atoms with van der Waals surface area (Å²) in [6.07, 6.45) is 6.37. The van der Waals surface area contributed by atoms with Crippen molar-refractivity contribution in [1.82, 2.24) is 10.2 Å². The number of hydrogen-bond acceptors (Lipinski definition) is 2. The molecule has 2 unspecified atom stereocenters. The summed E-state index contributed by atoms with van der Waals surface area (Å²) in [5, 5.41) is 3.65. The van der Waals surface area contributed by atoms with E-state index < -0.39 is 0 Å². The second-order valence-electron chi connectivity index (χ2n) is 6.04. The molecule has 1 aliphatic heterocycles. The lowest BCUT2D eigenvalue weighted by Gasteiger charge is -2.33. The van der Waals surface area contributed by atoms with Crippen molar-refractivity contribution in [2.75, 3.05) is 19.6 Å². The first-order valence-corrected chi connectivity index (χ1v) is 8.34. The molecule has 2 rings (SSSR count). The highest BCUT2D eigenvalue weighted by molar-refractivity contribution is 5.16. The topological polar surface area (TPSA) is 15.3 Å². The lowest BCUT2D eigenvalue weighted by atomic mass is 10.0. The molecule has 0 bridgehead atoms. The number of rotatable bonds is 8. The molecule has 2 atom stereocenters. The maximum atomic E-state index is 3.65. The fourth-order valence-corrected chi connectivity index (χ4v) is 3.32. The Morgan fingerprint density at radius 1 is 1.25 bits per heavy atom. The van der Waals surface area contributed by atoms with Gasteiger partial charge in [-0.2, -0.15) is 0 Å². The van der Waals surface area contributed by atoms with Crippen molar-refractivity contribution in [3.8, 4) is 0 Å². The average Bonchev–Trinajstić information content (AvgIpc) is 2.98. The predicted molar refractivity (Wildman–Crippen MR) is 87.1 cm³/mol. The minimum atomic E-state index is 0.680. The minimum Gasteiger partial charge on any atom is -0.313 e. The van der Waals surface area contributed by atoms with Crippen LogP contribution >= 0.6 is 0 Å². The second-order valence-corrected chi connectivity index (χ2v) is 6.04. The third-order valence-corrected chi connectivity index (χ3v) is 4.43. The molecule has 0 radical (unpaired) electrons. The largest absolute Gasteiger partial charge is 0.313 e. The highest BCUT2D eigenvalue weighted by atomic mass is 15.2. The van der Waals surface area contributed by atoms with Crippen molar-refractivity contribution >= 4 is 0 Å². The van der Waals surface area contributed by atoms with E-state index in [0.717, 1.165) is 0 Å². The highest BCUT2D eigenvalue weighted by Crippen LogP contribution is 2.16. The normalized spacial score (nSPS) is 20.4. The van der Waals surface area contributed by atoms with Crippen LogP contribution in [0.2, 0.25) is 0 Å². The Labute approximate surface area is 124 Å². The molecule has 1 aliphatic rings. The fourth-order valence-electron chi connectivity index (χ4n) is 3.32. The lowest BCUT2D eigenvalue weighted by molar-refractivity contribution is 0.173. The zero-order chi connectivity index (χ0) is 14.2. The summed E-state index contributed by atoms with van der Waals surface area (Å²) < 4.78 is 0. The van der Waals surface area contributed by atoms with Gasteiger partial charge in [-0.15, -0.1) is 0 Å². The smallest absolute Gasteiger partial charge is 0.0195 e. The second kappa shape index (κ2) is 8.43. The quantitative estimate of drug-likeness (QED) is 0.781. The summed E-state index contributed by atoms with van der Waals surface area (Å²) in [5.74, 6) is 0. The number of nitrogens with one attached hydrogen (secondary N) is 1. The number of hydrogen-bond donors (Lipinski definition) is 1. The summed E-state index contributed by atoms with van der Waals surface area (Å²) in [5.41, 5.74) is 1.47. The van der Waals surface area contributed by atoms with Gasteiger partial charge < -0.3 is 5.32 Å². The van der Waals surface area contributed by atoms with Crippen LogP contribution in [-0.2, 0) is 6.42 Å². The van der Waals surface area contributed by atoms with E-state index in [9.17, 15) is 0 Å². The van der Waals surface area contributed by atoms with Crippen LogP contribution in [-0.4, -0.2) is 36.6 Å². The molecule has 0 amide bonds. The van der Waals surface area contributed by atoms with Gasteiger partial charge in [-0.3, -0.25) is 4.90 Å². The Morgan fingerprint density at radius 3 is 2.65 bits per heavy atom. The lowest BCUT2D eigenvalue weighted by Crippen LogP contribution is -2.44. The van der Waals surface area contributed by atoms with Gasteiger partial charge >= 0.3 is 0 Å². The molecule has 1 aromatic rings. The molecule has 1 aromatic carbocycles. The van der Waals surface area contributed by atoms with Gasteiger partial charge in [0.2, 0.25) is 0 Å². The van der Waals surface area contributed by atoms with Crippen LogP contribution in [0.4, 0.5) is 0 Å². The van der Waals surface area contributed by atoms with E-state index in [1.807, 2.05) is 0 Å². The van der Waals surface area contributed by atoms with Gasteiger partial charge in [0, 0.05) is 18.6 Å². The third-order valence-electron chi connectivity index (χ3n) is 4.43. The highest BCUT2D eigenvalue weighted by Gasteiger charge is 2.22. The molecule has 1 fully saturated rings. The first-order chi connectivity index (χ1) is 9.83. The Balaban J connectivity index is 1.96. The SMILES string of the molecule is CCCN(CC1CCCN1)C(CC)Cc1ccccc1. The van der Waals surface area contributed by atoms with E-state index >= 15 is 0 Å². The zero-order valence-electron chi connectivity index (χ0n) is 13.1. The van der Waals surface area contributed by atoms with E-state index in [1.54, 1.807) is 0 Å². The molecule has 0 aliphatic carbocycles. The van der Waals surface area contributed by atoms with Gasteiger partial charge in [-0.05, 0) is 50.8 Å². The van der Waals surface area contributed by atoms with Crippen LogP contribution in [0.15, 0.2) is 30.3 Å². The van der Waals surface area contributed by atoms with Crippen LogP contribution in [0.5, 0.6) is 0 Å². The first kappa shape index (κ1) is 15.5. The summed E-state index contributed by atoms with van der Waals surface area (Å²) in [4.78, 5) is 2.72. The molecular weight excluding hydrogens is 244 g/mol. The monoisotopic (exact) mass is 274 g/mol. The van der Waals surface area contributed by atoms with Gasteiger partial charge in [0.05, 0.1) is 0 Å². The van der Waals surface area contributed by atoms with Crippen molar-refractivity contribution in [2.24, 2.45) is 0 Å². The molecule has 2 heteroatoms. The van der Waals surface area contributed by atoms with E-state index in [1.165, 1.54) is 57.3 Å². The summed E-state index contributed by atoms with van der Waals surface area (Å²) >= 11 is 0. The molecule has 0 aromatic heterocycles. The van der Waals surface area contributed by atoms with Crippen molar-refractivity contribution < 1.29 is 0 Å². The van der Waals surface area contributed by atoms with Crippen molar-refractivity contribution in [3.63, 3.8) is 0 Å². The fraction of sp³-hybridized carbons (Fsp3) is 0.667. The molecule has 0 spiro atoms. The molecule has 20 heavy (non-hydrogen) atoms. The Bertz CT molecular complexity index is 357. The molecule has 2 nitrogen and oxygen atoms in total. The first-order valence-electron chi connectivity index (χ1n) is 8.34.